The van der Waals surface area contributed by atoms with Crippen LogP contribution in [0.25, 0.3) is 0 Å². The third-order valence-electron chi connectivity index (χ3n) is 2.45. The van der Waals surface area contributed by atoms with Gasteiger partial charge in [-0.2, -0.15) is 0 Å². The minimum atomic E-state index is -0.622. The summed E-state index contributed by atoms with van der Waals surface area (Å²) < 4.78 is 13.0. The molecular weight excluding hydrogens is 271 g/mol. The third-order valence-corrected chi connectivity index (χ3v) is 2.65. The molecule has 6 heteroatoms. The predicted octanol–water partition coefficient (Wildman–Crippen LogP) is 2.21. The second kappa shape index (κ2) is 7.09. The maximum atomic E-state index is 13.0. The van der Waals surface area contributed by atoms with Gasteiger partial charge in [-0.3, -0.25) is 9.59 Å². The number of rotatable bonds is 5. The Bertz CT molecular complexity index is 478. The summed E-state index contributed by atoms with van der Waals surface area (Å²) in [5.74, 6) is -0.887. The summed E-state index contributed by atoms with van der Waals surface area (Å²) in [6.45, 7) is 3.38. The van der Waals surface area contributed by atoms with Crippen LogP contribution in [0.2, 0.25) is 0 Å². The van der Waals surface area contributed by atoms with E-state index in [0.29, 0.717) is 11.3 Å². The number of alkyl halides is 1. The van der Waals surface area contributed by atoms with Crippen LogP contribution in [-0.2, 0) is 9.59 Å². The van der Waals surface area contributed by atoms with E-state index in [0.717, 1.165) is 0 Å². The zero-order chi connectivity index (χ0) is 14.4. The lowest BCUT2D eigenvalue weighted by molar-refractivity contribution is -0.120. The Balaban J connectivity index is 2.39. The van der Waals surface area contributed by atoms with Gasteiger partial charge in [0.25, 0.3) is 0 Å². The topological polar surface area (TPSA) is 58.2 Å². The van der Waals surface area contributed by atoms with Crippen LogP contribution in [0.5, 0.6) is 0 Å². The van der Waals surface area contributed by atoms with Gasteiger partial charge in [-0.1, -0.05) is 0 Å². The van der Waals surface area contributed by atoms with E-state index in [1.165, 1.54) is 12.1 Å². The van der Waals surface area contributed by atoms with Crippen molar-refractivity contribution in [3.63, 3.8) is 0 Å². The number of carbonyl (C=O) groups is 2. The lowest BCUT2D eigenvalue weighted by atomic mass is 10.2. The molecule has 19 heavy (non-hydrogen) atoms. The monoisotopic (exact) mass is 286 g/mol. The van der Waals surface area contributed by atoms with Gasteiger partial charge >= 0.3 is 0 Å². The zero-order valence-corrected chi connectivity index (χ0v) is 11.6. The van der Waals surface area contributed by atoms with Crippen LogP contribution < -0.4 is 10.6 Å². The minimum absolute atomic E-state index is 0.131. The standard InChI is InChI=1S/C13H16ClFN2O2/c1-8-7-10(3-4-11(8)15)17-12(18)5-6-16-13(19)9(2)14/h3-4,7,9H,5-6H2,1-2H3,(H,16,19)(H,17,18)/t9-/m1/s1. The second-order valence-electron chi connectivity index (χ2n) is 4.17. The first-order chi connectivity index (χ1) is 8.90. The van der Waals surface area contributed by atoms with Crippen molar-refractivity contribution in [3.05, 3.63) is 29.6 Å². The van der Waals surface area contributed by atoms with Crippen molar-refractivity contribution in [1.82, 2.24) is 5.32 Å². The molecule has 4 nitrogen and oxygen atoms in total. The number of hydrogen-bond donors (Lipinski definition) is 2. The molecule has 2 N–H and O–H groups in total. The fourth-order valence-electron chi connectivity index (χ4n) is 1.39. The fraction of sp³-hybridized carbons (Fsp3) is 0.385. The van der Waals surface area contributed by atoms with E-state index >= 15 is 0 Å². The van der Waals surface area contributed by atoms with Crippen molar-refractivity contribution in [2.75, 3.05) is 11.9 Å². The molecule has 1 rings (SSSR count). The highest BCUT2D eigenvalue weighted by Gasteiger charge is 2.09. The predicted molar refractivity (Wildman–Crippen MR) is 72.7 cm³/mol. The van der Waals surface area contributed by atoms with Crippen molar-refractivity contribution in [1.29, 1.82) is 0 Å². The lowest BCUT2D eigenvalue weighted by Crippen LogP contribution is -2.32. The number of benzene rings is 1. The van der Waals surface area contributed by atoms with Crippen LogP contribution in [0.1, 0.15) is 18.9 Å². The van der Waals surface area contributed by atoms with E-state index in [1.807, 2.05) is 0 Å². The van der Waals surface area contributed by atoms with Crippen molar-refractivity contribution in [2.45, 2.75) is 25.6 Å². The van der Waals surface area contributed by atoms with Gasteiger partial charge in [0.05, 0.1) is 0 Å². The Morgan fingerprint density at radius 1 is 1.42 bits per heavy atom. The first kappa shape index (κ1) is 15.4. The van der Waals surface area contributed by atoms with Gasteiger partial charge in [0, 0.05) is 18.7 Å². The summed E-state index contributed by atoms with van der Waals surface area (Å²) >= 11 is 5.56. The quantitative estimate of drug-likeness (QED) is 0.815. The van der Waals surface area contributed by atoms with Gasteiger partial charge in [0.1, 0.15) is 11.2 Å². The number of hydrogen-bond acceptors (Lipinski definition) is 2. The first-order valence-electron chi connectivity index (χ1n) is 5.88. The number of amides is 2. The Morgan fingerprint density at radius 3 is 2.68 bits per heavy atom. The fourth-order valence-corrected chi connectivity index (χ4v) is 1.46. The molecule has 0 bridgehead atoms. The molecule has 0 unspecified atom stereocenters. The molecular formula is C13H16ClFN2O2. The maximum Gasteiger partial charge on any atom is 0.237 e. The molecule has 0 fully saturated rings. The SMILES string of the molecule is Cc1cc(NC(=O)CCNC(=O)[C@@H](C)Cl)ccc1F. The smallest absolute Gasteiger partial charge is 0.237 e. The Kier molecular flexibility index (Phi) is 5.76. The maximum absolute atomic E-state index is 13.0. The number of aryl methyl sites for hydroxylation is 1. The van der Waals surface area contributed by atoms with E-state index in [-0.39, 0.29) is 30.6 Å². The molecule has 0 aliphatic carbocycles. The van der Waals surface area contributed by atoms with Gasteiger partial charge in [0.2, 0.25) is 11.8 Å². The van der Waals surface area contributed by atoms with Crippen molar-refractivity contribution in [2.24, 2.45) is 0 Å². The number of carbonyl (C=O) groups excluding carboxylic acids is 2. The van der Waals surface area contributed by atoms with Crippen LogP contribution in [0, 0.1) is 12.7 Å². The van der Waals surface area contributed by atoms with Gasteiger partial charge in [-0.05, 0) is 37.6 Å². The highest BCUT2D eigenvalue weighted by Crippen LogP contribution is 2.13. The van der Waals surface area contributed by atoms with E-state index in [2.05, 4.69) is 10.6 Å². The second-order valence-corrected chi connectivity index (χ2v) is 4.82. The molecule has 1 atom stereocenters. The van der Waals surface area contributed by atoms with Gasteiger partial charge in [0.15, 0.2) is 0 Å². The van der Waals surface area contributed by atoms with Gasteiger partial charge in [-0.15, -0.1) is 11.6 Å². The average molecular weight is 287 g/mol. The van der Waals surface area contributed by atoms with Crippen LogP contribution in [0.3, 0.4) is 0 Å². The highest BCUT2D eigenvalue weighted by atomic mass is 35.5. The molecule has 0 saturated heterocycles. The van der Waals surface area contributed by atoms with E-state index < -0.39 is 5.38 Å². The van der Waals surface area contributed by atoms with E-state index in [4.69, 9.17) is 11.6 Å². The number of anilines is 1. The van der Waals surface area contributed by atoms with Crippen LogP contribution in [0.4, 0.5) is 10.1 Å². The Labute approximate surface area is 116 Å². The summed E-state index contributed by atoms with van der Waals surface area (Å²) in [7, 11) is 0. The average Bonchev–Trinajstić information content (AvgIpc) is 2.33. The molecule has 1 aromatic carbocycles. The summed E-state index contributed by atoms with van der Waals surface area (Å²) in [5.41, 5.74) is 0.989. The van der Waals surface area contributed by atoms with Gasteiger partial charge < -0.3 is 10.6 Å². The summed E-state index contributed by atoms with van der Waals surface area (Å²) in [4.78, 5) is 22.7. The lowest BCUT2D eigenvalue weighted by Gasteiger charge is -2.08. The molecule has 1 aromatic rings. The normalized spacial score (nSPS) is 11.8. The third kappa shape index (κ3) is 5.26. The van der Waals surface area contributed by atoms with Crippen molar-refractivity contribution in [3.8, 4) is 0 Å². The number of nitrogens with one attached hydrogen (secondary N) is 2. The molecule has 2 amide bonds. The number of halogens is 2. The summed E-state index contributed by atoms with van der Waals surface area (Å²) in [6.07, 6.45) is 0.131. The zero-order valence-electron chi connectivity index (χ0n) is 10.8. The molecule has 0 saturated carbocycles. The highest BCUT2D eigenvalue weighted by molar-refractivity contribution is 6.30. The molecule has 104 valence electrons. The summed E-state index contributed by atoms with van der Waals surface area (Å²) in [6, 6.07) is 4.33. The van der Waals surface area contributed by atoms with E-state index in [1.54, 1.807) is 19.9 Å². The molecule has 0 aromatic heterocycles. The molecule has 0 radical (unpaired) electrons. The largest absolute Gasteiger partial charge is 0.354 e. The molecule has 0 heterocycles. The molecule has 0 spiro atoms. The van der Waals surface area contributed by atoms with E-state index in [9.17, 15) is 14.0 Å². The Hall–Kier alpha value is -1.62. The van der Waals surface area contributed by atoms with Crippen LogP contribution in [0.15, 0.2) is 18.2 Å². The van der Waals surface area contributed by atoms with Crippen LogP contribution in [-0.4, -0.2) is 23.7 Å². The van der Waals surface area contributed by atoms with Crippen molar-refractivity contribution < 1.29 is 14.0 Å². The minimum Gasteiger partial charge on any atom is -0.354 e. The van der Waals surface area contributed by atoms with Crippen molar-refractivity contribution >= 4 is 29.1 Å². The molecule has 0 aliphatic rings. The van der Waals surface area contributed by atoms with Crippen LogP contribution >= 0.6 is 11.6 Å². The Morgan fingerprint density at radius 2 is 2.11 bits per heavy atom. The summed E-state index contributed by atoms with van der Waals surface area (Å²) in [5, 5.41) is 4.53. The molecule has 0 aliphatic heterocycles. The first-order valence-corrected chi connectivity index (χ1v) is 6.31. The van der Waals surface area contributed by atoms with Gasteiger partial charge in [-0.25, -0.2) is 4.39 Å².